The minimum absolute atomic E-state index is 0.937. The summed E-state index contributed by atoms with van der Waals surface area (Å²) in [4.78, 5) is 4.50. The van der Waals surface area contributed by atoms with Gasteiger partial charge in [0.15, 0.2) is 5.13 Å². The summed E-state index contributed by atoms with van der Waals surface area (Å²) < 4.78 is 0. The van der Waals surface area contributed by atoms with E-state index in [0.29, 0.717) is 0 Å². The molecule has 1 aromatic heterocycles. The van der Waals surface area contributed by atoms with E-state index in [1.807, 2.05) is 7.05 Å². The van der Waals surface area contributed by atoms with Gasteiger partial charge in [-0.15, -0.1) is 11.3 Å². The molecule has 0 fully saturated rings. The van der Waals surface area contributed by atoms with Crippen molar-refractivity contribution >= 4 is 16.5 Å². The largest absolute Gasteiger partial charge is 0.365 e. The molecule has 0 bridgehead atoms. The number of rotatable bonds is 6. The monoisotopic (exact) mass is 261 g/mol. The molecule has 0 aliphatic carbocycles. The van der Waals surface area contributed by atoms with E-state index in [2.05, 4.69) is 52.2 Å². The van der Waals surface area contributed by atoms with Gasteiger partial charge in [0.1, 0.15) is 0 Å². The highest BCUT2D eigenvalue weighted by Crippen LogP contribution is 2.24. The van der Waals surface area contributed by atoms with Crippen LogP contribution in [0.5, 0.6) is 0 Å². The number of anilines is 1. The summed E-state index contributed by atoms with van der Waals surface area (Å²) in [6.45, 7) is 4.18. The van der Waals surface area contributed by atoms with Crippen molar-refractivity contribution in [3.63, 3.8) is 0 Å². The fraction of sp³-hybridized carbons (Fsp3) is 0.357. The predicted molar refractivity (Wildman–Crippen MR) is 79.1 cm³/mol. The van der Waals surface area contributed by atoms with Gasteiger partial charge in [-0.25, -0.2) is 4.98 Å². The van der Waals surface area contributed by atoms with E-state index >= 15 is 0 Å². The van der Waals surface area contributed by atoms with Crippen LogP contribution < -0.4 is 10.6 Å². The third-order valence-electron chi connectivity index (χ3n) is 2.72. The number of aromatic nitrogens is 1. The van der Waals surface area contributed by atoms with Crippen LogP contribution in [0.4, 0.5) is 5.13 Å². The van der Waals surface area contributed by atoms with Crippen molar-refractivity contribution in [1.29, 1.82) is 0 Å². The molecule has 0 atom stereocenters. The Hall–Kier alpha value is -1.39. The maximum absolute atomic E-state index is 4.50. The molecule has 0 radical (unpaired) electrons. The van der Waals surface area contributed by atoms with Crippen molar-refractivity contribution in [2.75, 3.05) is 18.9 Å². The first-order valence-electron chi connectivity index (χ1n) is 6.26. The molecule has 0 saturated carbocycles. The molecule has 1 heterocycles. The summed E-state index contributed by atoms with van der Waals surface area (Å²) in [6.07, 6.45) is 1.17. The number of hydrogen-bond donors (Lipinski definition) is 2. The van der Waals surface area contributed by atoms with E-state index in [0.717, 1.165) is 23.9 Å². The van der Waals surface area contributed by atoms with E-state index in [4.69, 9.17) is 0 Å². The molecule has 0 aliphatic heterocycles. The van der Waals surface area contributed by atoms with Gasteiger partial charge in [0, 0.05) is 24.5 Å². The first-order chi connectivity index (χ1) is 8.83. The van der Waals surface area contributed by atoms with Crippen LogP contribution in [0.2, 0.25) is 0 Å². The van der Waals surface area contributed by atoms with Crippen molar-refractivity contribution in [1.82, 2.24) is 10.3 Å². The fourth-order valence-corrected chi connectivity index (χ4v) is 2.40. The van der Waals surface area contributed by atoms with E-state index in [1.54, 1.807) is 11.3 Å². The molecule has 96 valence electrons. The number of benzene rings is 1. The standard InChI is InChI=1S/C14H19N3S/c1-3-8-16-9-11-4-6-12(7-5-11)13-10-18-14(15-2)17-13/h4-7,10,16H,3,8-9H2,1-2H3,(H,15,17). The van der Waals surface area contributed by atoms with Crippen molar-refractivity contribution in [3.05, 3.63) is 35.2 Å². The second-order valence-electron chi connectivity index (χ2n) is 4.16. The van der Waals surface area contributed by atoms with Gasteiger partial charge in [0.25, 0.3) is 0 Å². The summed E-state index contributed by atoms with van der Waals surface area (Å²) >= 11 is 1.63. The third-order valence-corrected chi connectivity index (χ3v) is 3.58. The molecule has 0 amide bonds. The highest BCUT2D eigenvalue weighted by Gasteiger charge is 2.03. The zero-order valence-electron chi connectivity index (χ0n) is 10.9. The van der Waals surface area contributed by atoms with E-state index in [-0.39, 0.29) is 0 Å². The van der Waals surface area contributed by atoms with Crippen molar-refractivity contribution < 1.29 is 0 Å². The lowest BCUT2D eigenvalue weighted by atomic mass is 10.1. The molecule has 2 aromatic rings. The van der Waals surface area contributed by atoms with Crippen molar-refractivity contribution in [2.45, 2.75) is 19.9 Å². The SMILES string of the molecule is CCCNCc1ccc(-c2csc(NC)n2)cc1. The topological polar surface area (TPSA) is 37.0 Å². The van der Waals surface area contributed by atoms with Gasteiger partial charge >= 0.3 is 0 Å². The lowest BCUT2D eigenvalue weighted by Crippen LogP contribution is -2.13. The Labute approximate surface area is 112 Å². The molecule has 3 nitrogen and oxygen atoms in total. The second kappa shape index (κ2) is 6.52. The summed E-state index contributed by atoms with van der Waals surface area (Å²) in [7, 11) is 1.89. The number of hydrogen-bond acceptors (Lipinski definition) is 4. The van der Waals surface area contributed by atoms with E-state index in [1.165, 1.54) is 17.5 Å². The van der Waals surface area contributed by atoms with Gasteiger partial charge in [-0.2, -0.15) is 0 Å². The molecule has 0 spiro atoms. The van der Waals surface area contributed by atoms with Crippen molar-refractivity contribution in [2.24, 2.45) is 0 Å². The van der Waals surface area contributed by atoms with Crippen molar-refractivity contribution in [3.8, 4) is 11.3 Å². The van der Waals surface area contributed by atoms with Gasteiger partial charge in [-0.05, 0) is 18.5 Å². The molecule has 1 aromatic carbocycles. The third kappa shape index (κ3) is 3.31. The Kier molecular flexibility index (Phi) is 4.73. The molecular weight excluding hydrogens is 242 g/mol. The van der Waals surface area contributed by atoms with E-state index in [9.17, 15) is 0 Å². The average molecular weight is 261 g/mol. The van der Waals surface area contributed by atoms with Crippen LogP contribution in [0.1, 0.15) is 18.9 Å². The molecule has 18 heavy (non-hydrogen) atoms. The lowest BCUT2D eigenvalue weighted by molar-refractivity contribution is 0.675. The van der Waals surface area contributed by atoms with Crippen LogP contribution in [-0.2, 0) is 6.54 Å². The highest BCUT2D eigenvalue weighted by molar-refractivity contribution is 7.14. The Morgan fingerprint density at radius 2 is 2.00 bits per heavy atom. The summed E-state index contributed by atoms with van der Waals surface area (Å²) in [5.74, 6) is 0. The minimum atomic E-state index is 0.937. The first-order valence-corrected chi connectivity index (χ1v) is 7.14. The summed E-state index contributed by atoms with van der Waals surface area (Å²) in [5.41, 5.74) is 3.53. The zero-order chi connectivity index (χ0) is 12.8. The Morgan fingerprint density at radius 3 is 2.61 bits per heavy atom. The van der Waals surface area contributed by atoms with Gasteiger partial charge in [-0.3, -0.25) is 0 Å². The number of thiazole rings is 1. The molecule has 2 rings (SSSR count). The van der Waals surface area contributed by atoms with Gasteiger partial charge < -0.3 is 10.6 Å². The lowest BCUT2D eigenvalue weighted by Gasteiger charge is -2.04. The van der Waals surface area contributed by atoms with Gasteiger partial charge in [0.05, 0.1) is 5.69 Å². The molecular formula is C14H19N3S. The Bertz CT molecular complexity index is 476. The van der Waals surface area contributed by atoms with Crippen LogP contribution in [0.25, 0.3) is 11.3 Å². The first kappa shape index (κ1) is 13.1. The summed E-state index contributed by atoms with van der Waals surface area (Å²) in [5, 5.41) is 9.50. The smallest absolute Gasteiger partial charge is 0.182 e. The molecule has 2 N–H and O–H groups in total. The Morgan fingerprint density at radius 1 is 1.22 bits per heavy atom. The minimum Gasteiger partial charge on any atom is -0.365 e. The molecule has 4 heteroatoms. The maximum atomic E-state index is 4.50. The van der Waals surface area contributed by atoms with Crippen LogP contribution >= 0.6 is 11.3 Å². The number of nitrogens with zero attached hydrogens (tertiary/aromatic N) is 1. The average Bonchev–Trinajstić information content (AvgIpc) is 2.89. The van der Waals surface area contributed by atoms with Crippen LogP contribution in [0.3, 0.4) is 0 Å². The van der Waals surface area contributed by atoms with Crippen LogP contribution in [0.15, 0.2) is 29.6 Å². The molecule has 0 unspecified atom stereocenters. The molecule has 0 saturated heterocycles. The maximum Gasteiger partial charge on any atom is 0.182 e. The predicted octanol–water partition coefficient (Wildman–Crippen LogP) is 3.35. The quantitative estimate of drug-likeness (QED) is 0.783. The normalized spacial score (nSPS) is 10.6. The van der Waals surface area contributed by atoms with Crippen LogP contribution in [0, 0.1) is 0 Å². The van der Waals surface area contributed by atoms with Crippen LogP contribution in [-0.4, -0.2) is 18.6 Å². The number of nitrogens with one attached hydrogen (secondary N) is 2. The molecule has 0 aliphatic rings. The second-order valence-corrected chi connectivity index (χ2v) is 5.02. The summed E-state index contributed by atoms with van der Waals surface area (Å²) in [6, 6.07) is 8.60. The van der Waals surface area contributed by atoms with Gasteiger partial charge in [0.2, 0.25) is 0 Å². The fourth-order valence-electron chi connectivity index (χ4n) is 1.72. The highest BCUT2D eigenvalue weighted by atomic mass is 32.1. The van der Waals surface area contributed by atoms with Gasteiger partial charge in [-0.1, -0.05) is 31.2 Å². The Balaban J connectivity index is 2.02. The zero-order valence-corrected chi connectivity index (χ0v) is 11.7. The van der Waals surface area contributed by atoms with E-state index < -0.39 is 0 Å².